The summed E-state index contributed by atoms with van der Waals surface area (Å²) in [5.41, 5.74) is 4.57. The van der Waals surface area contributed by atoms with E-state index in [0.29, 0.717) is 5.56 Å². The number of hydrogen-bond acceptors (Lipinski definition) is 4. The summed E-state index contributed by atoms with van der Waals surface area (Å²) in [4.78, 5) is 36.9. The molecule has 0 saturated carbocycles. The third-order valence-corrected chi connectivity index (χ3v) is 4.48. The van der Waals surface area contributed by atoms with Crippen LogP contribution in [0.15, 0.2) is 48.5 Å². The maximum Gasteiger partial charge on any atom is 0.416 e. The highest BCUT2D eigenvalue weighted by Crippen LogP contribution is 2.31. The van der Waals surface area contributed by atoms with E-state index in [1.165, 1.54) is 6.07 Å². The fraction of sp³-hybridized carbons (Fsp3) is 0.318. The largest absolute Gasteiger partial charge is 0.484 e. The Balaban J connectivity index is 1.89. The number of amides is 3. The van der Waals surface area contributed by atoms with E-state index >= 15 is 0 Å². The molecule has 0 aliphatic carbocycles. The van der Waals surface area contributed by atoms with Gasteiger partial charge in [-0.05, 0) is 42.7 Å². The van der Waals surface area contributed by atoms with Crippen molar-refractivity contribution in [2.24, 2.45) is 5.92 Å². The summed E-state index contributed by atoms with van der Waals surface area (Å²) in [7, 11) is 0. The first kappa shape index (κ1) is 24.7. The number of alkyl halides is 3. The molecule has 32 heavy (non-hydrogen) atoms. The second-order valence-corrected chi connectivity index (χ2v) is 7.36. The molecule has 0 spiro atoms. The maximum absolute atomic E-state index is 12.7. The van der Waals surface area contributed by atoms with Crippen molar-refractivity contribution in [1.82, 2.24) is 16.2 Å². The van der Waals surface area contributed by atoms with E-state index in [0.717, 1.165) is 23.8 Å². The van der Waals surface area contributed by atoms with Crippen LogP contribution < -0.4 is 20.9 Å². The van der Waals surface area contributed by atoms with Gasteiger partial charge >= 0.3 is 6.18 Å². The van der Waals surface area contributed by atoms with Gasteiger partial charge in [0.05, 0.1) is 5.56 Å². The minimum absolute atomic E-state index is 0.146. The van der Waals surface area contributed by atoms with E-state index in [9.17, 15) is 27.6 Å². The van der Waals surface area contributed by atoms with Crippen LogP contribution in [0.5, 0.6) is 5.75 Å². The zero-order chi connectivity index (χ0) is 23.9. The summed E-state index contributed by atoms with van der Waals surface area (Å²) in [6.45, 7) is 4.59. The molecule has 2 rings (SSSR count). The van der Waals surface area contributed by atoms with Crippen LogP contribution in [0, 0.1) is 12.8 Å². The van der Waals surface area contributed by atoms with E-state index < -0.39 is 42.1 Å². The minimum atomic E-state index is -4.54. The van der Waals surface area contributed by atoms with Crippen LogP contribution in [0.3, 0.4) is 0 Å². The van der Waals surface area contributed by atoms with Gasteiger partial charge < -0.3 is 10.1 Å². The van der Waals surface area contributed by atoms with Crippen LogP contribution in [0.4, 0.5) is 13.2 Å². The molecule has 0 saturated heterocycles. The SMILES string of the molecule is Cc1ccccc1C(=O)NC(C(=O)NNC(=O)COc1cccc(C(F)(F)F)c1)C(C)C. The van der Waals surface area contributed by atoms with Gasteiger partial charge in [0.1, 0.15) is 11.8 Å². The number of rotatable bonds is 7. The predicted molar refractivity (Wildman–Crippen MR) is 110 cm³/mol. The number of aryl methyl sites for hydroxylation is 1. The summed E-state index contributed by atoms with van der Waals surface area (Å²) in [5, 5.41) is 2.64. The van der Waals surface area contributed by atoms with Gasteiger partial charge in [-0.25, -0.2) is 0 Å². The predicted octanol–water partition coefficient (Wildman–Crippen LogP) is 2.99. The fourth-order valence-electron chi connectivity index (χ4n) is 2.74. The van der Waals surface area contributed by atoms with Crippen molar-refractivity contribution in [1.29, 1.82) is 0 Å². The van der Waals surface area contributed by atoms with Gasteiger partial charge in [-0.15, -0.1) is 0 Å². The molecule has 172 valence electrons. The molecule has 0 aromatic heterocycles. The molecule has 0 aliphatic heterocycles. The first-order valence-electron chi connectivity index (χ1n) is 9.74. The van der Waals surface area contributed by atoms with E-state index in [-0.39, 0.29) is 11.7 Å². The quantitative estimate of drug-likeness (QED) is 0.564. The average Bonchev–Trinajstić information content (AvgIpc) is 2.74. The Bertz CT molecular complexity index is 977. The van der Waals surface area contributed by atoms with Crippen LogP contribution in [0.25, 0.3) is 0 Å². The van der Waals surface area contributed by atoms with Crippen LogP contribution >= 0.6 is 0 Å². The second kappa shape index (κ2) is 10.7. The molecular formula is C22H24F3N3O4. The zero-order valence-corrected chi connectivity index (χ0v) is 17.7. The highest BCUT2D eigenvalue weighted by molar-refractivity contribution is 5.98. The Morgan fingerprint density at radius 1 is 1.00 bits per heavy atom. The Morgan fingerprint density at radius 2 is 1.69 bits per heavy atom. The van der Waals surface area contributed by atoms with Gasteiger partial charge in [0.15, 0.2) is 6.61 Å². The highest BCUT2D eigenvalue weighted by atomic mass is 19.4. The molecule has 0 aliphatic rings. The summed E-state index contributed by atoms with van der Waals surface area (Å²) >= 11 is 0. The lowest BCUT2D eigenvalue weighted by Crippen LogP contribution is -2.55. The van der Waals surface area contributed by atoms with Crippen molar-refractivity contribution in [3.05, 3.63) is 65.2 Å². The first-order chi connectivity index (χ1) is 15.0. The van der Waals surface area contributed by atoms with Gasteiger partial charge in [-0.2, -0.15) is 13.2 Å². The lowest BCUT2D eigenvalue weighted by molar-refractivity contribution is -0.137. The van der Waals surface area contributed by atoms with Crippen molar-refractivity contribution in [2.45, 2.75) is 33.0 Å². The first-order valence-corrected chi connectivity index (χ1v) is 9.74. The summed E-state index contributed by atoms with van der Waals surface area (Å²) in [6, 6.07) is 10.0. The summed E-state index contributed by atoms with van der Waals surface area (Å²) < 4.78 is 43.2. The van der Waals surface area contributed by atoms with E-state index in [1.54, 1.807) is 45.0 Å². The van der Waals surface area contributed by atoms with E-state index in [1.807, 2.05) is 0 Å². The Hall–Kier alpha value is -3.56. The highest BCUT2D eigenvalue weighted by Gasteiger charge is 2.30. The molecule has 7 nitrogen and oxygen atoms in total. The van der Waals surface area contributed by atoms with Crippen LogP contribution in [0.1, 0.15) is 35.3 Å². The minimum Gasteiger partial charge on any atom is -0.484 e. The van der Waals surface area contributed by atoms with Gasteiger partial charge in [0.2, 0.25) is 0 Å². The van der Waals surface area contributed by atoms with Crippen molar-refractivity contribution in [3.63, 3.8) is 0 Å². The molecule has 2 aromatic rings. The van der Waals surface area contributed by atoms with Crippen molar-refractivity contribution >= 4 is 17.7 Å². The van der Waals surface area contributed by atoms with Crippen molar-refractivity contribution in [3.8, 4) is 5.75 Å². The number of benzene rings is 2. The normalized spacial score (nSPS) is 12.1. The molecule has 3 N–H and O–H groups in total. The van der Waals surface area contributed by atoms with Crippen LogP contribution in [0.2, 0.25) is 0 Å². The average molecular weight is 451 g/mol. The summed E-state index contributed by atoms with van der Waals surface area (Å²) in [5.74, 6) is -2.32. The Kier molecular flexibility index (Phi) is 8.22. The number of nitrogens with one attached hydrogen (secondary N) is 3. The molecule has 2 aromatic carbocycles. The molecule has 1 unspecified atom stereocenters. The monoisotopic (exact) mass is 451 g/mol. The molecule has 0 bridgehead atoms. The number of halogens is 3. The standard InChI is InChI=1S/C22H24F3N3O4/c1-13(2)19(26-20(30)17-10-5-4-7-14(17)3)21(31)28-27-18(29)12-32-16-9-6-8-15(11-16)22(23,24)25/h4-11,13,19H,12H2,1-3H3,(H,26,30)(H,27,29)(H,28,31). The summed E-state index contributed by atoms with van der Waals surface area (Å²) in [6.07, 6.45) is -4.54. The number of carbonyl (C=O) groups excluding carboxylic acids is 3. The fourth-order valence-corrected chi connectivity index (χ4v) is 2.74. The third kappa shape index (κ3) is 7.00. The van der Waals surface area contributed by atoms with Crippen molar-refractivity contribution in [2.75, 3.05) is 6.61 Å². The molecule has 10 heteroatoms. The number of carbonyl (C=O) groups is 3. The Morgan fingerprint density at radius 3 is 2.31 bits per heavy atom. The van der Waals surface area contributed by atoms with Crippen molar-refractivity contribution < 1.29 is 32.3 Å². The lowest BCUT2D eigenvalue weighted by Gasteiger charge is -2.22. The molecule has 0 heterocycles. The van der Waals surface area contributed by atoms with E-state index in [2.05, 4.69) is 16.2 Å². The second-order valence-electron chi connectivity index (χ2n) is 7.36. The number of ether oxygens (including phenoxy) is 1. The number of hydrogen-bond donors (Lipinski definition) is 3. The molecule has 3 amide bonds. The topological polar surface area (TPSA) is 96.5 Å². The van der Waals surface area contributed by atoms with Gasteiger partial charge in [0, 0.05) is 5.56 Å². The molecule has 0 radical (unpaired) electrons. The third-order valence-electron chi connectivity index (χ3n) is 4.48. The smallest absolute Gasteiger partial charge is 0.416 e. The van der Waals surface area contributed by atoms with E-state index in [4.69, 9.17) is 4.74 Å². The number of hydrazine groups is 1. The maximum atomic E-state index is 12.7. The van der Waals surface area contributed by atoms with Crippen LogP contribution in [-0.2, 0) is 15.8 Å². The van der Waals surface area contributed by atoms with Gasteiger partial charge in [-0.1, -0.05) is 38.1 Å². The lowest BCUT2D eigenvalue weighted by atomic mass is 10.0. The molecule has 0 fully saturated rings. The molecule has 1 atom stereocenters. The molecular weight excluding hydrogens is 427 g/mol. The zero-order valence-electron chi connectivity index (χ0n) is 17.7. The Labute approximate surface area is 183 Å². The van der Waals surface area contributed by atoms with Crippen LogP contribution in [-0.4, -0.2) is 30.4 Å². The van der Waals surface area contributed by atoms with Gasteiger partial charge in [0.25, 0.3) is 17.7 Å². The van der Waals surface area contributed by atoms with Gasteiger partial charge in [-0.3, -0.25) is 25.2 Å².